The Morgan fingerprint density at radius 1 is 1.18 bits per heavy atom. The number of hydrogen-bond acceptors (Lipinski definition) is 7. The van der Waals surface area contributed by atoms with E-state index in [2.05, 4.69) is 49.4 Å². The van der Waals surface area contributed by atoms with E-state index >= 15 is 0 Å². The van der Waals surface area contributed by atoms with Crippen molar-refractivity contribution in [2.24, 2.45) is 4.99 Å². The van der Waals surface area contributed by atoms with Gasteiger partial charge in [-0.25, -0.2) is 9.97 Å². The topological polar surface area (TPSA) is 70.9 Å². The molecule has 0 unspecified atom stereocenters. The monoisotopic (exact) mass is 473 g/mol. The molecule has 1 aromatic carbocycles. The summed E-state index contributed by atoms with van der Waals surface area (Å²) in [6.07, 6.45) is 6.21. The molecular formula is C26H27N5O2S. The van der Waals surface area contributed by atoms with Crippen LogP contribution in [0.15, 0.2) is 47.0 Å². The molecule has 7 nitrogen and oxygen atoms in total. The average molecular weight is 474 g/mol. The first-order valence-corrected chi connectivity index (χ1v) is 12.7. The first kappa shape index (κ1) is 21.4. The van der Waals surface area contributed by atoms with Gasteiger partial charge in [0.1, 0.15) is 0 Å². The van der Waals surface area contributed by atoms with E-state index < -0.39 is 0 Å². The predicted molar refractivity (Wildman–Crippen MR) is 131 cm³/mol. The van der Waals surface area contributed by atoms with Gasteiger partial charge in [-0.1, -0.05) is 12.1 Å². The zero-order valence-corrected chi connectivity index (χ0v) is 20.1. The quantitative estimate of drug-likeness (QED) is 0.568. The average Bonchev–Trinajstić information content (AvgIpc) is 3.52. The maximum atomic E-state index is 13.2. The Kier molecular flexibility index (Phi) is 5.63. The van der Waals surface area contributed by atoms with Crippen molar-refractivity contribution in [1.29, 1.82) is 0 Å². The number of aromatic nitrogens is 2. The Morgan fingerprint density at radius 3 is 2.85 bits per heavy atom. The van der Waals surface area contributed by atoms with Gasteiger partial charge in [-0.3, -0.25) is 14.7 Å². The SMILES string of the molecule is COc1ncc(C2=NCc3cc4c(cc32)CN([C@@H]2CCCN(Cc3cccs3)C2)C(=O)C4)cn1. The van der Waals surface area contributed by atoms with Crippen LogP contribution in [0, 0.1) is 0 Å². The summed E-state index contributed by atoms with van der Waals surface area (Å²) in [4.78, 5) is 32.5. The predicted octanol–water partition coefficient (Wildman–Crippen LogP) is 3.45. The lowest BCUT2D eigenvalue weighted by atomic mass is 9.90. The molecule has 0 aliphatic carbocycles. The van der Waals surface area contributed by atoms with E-state index in [0.717, 1.165) is 54.9 Å². The van der Waals surface area contributed by atoms with Crippen molar-refractivity contribution in [1.82, 2.24) is 19.8 Å². The largest absolute Gasteiger partial charge is 0.467 e. The second-order valence-corrected chi connectivity index (χ2v) is 10.2. The normalized spacial score (nSPS) is 20.1. The molecule has 6 rings (SSSR count). The number of aliphatic imine (C=N–C) groups is 1. The fraction of sp³-hybridized carbons (Fsp3) is 0.385. The maximum absolute atomic E-state index is 13.2. The number of piperidine rings is 1. The summed E-state index contributed by atoms with van der Waals surface area (Å²) in [5.74, 6) is 0.248. The fourth-order valence-electron chi connectivity index (χ4n) is 5.36. The molecule has 3 aliphatic heterocycles. The van der Waals surface area contributed by atoms with Crippen LogP contribution in [0.1, 0.15) is 45.5 Å². The van der Waals surface area contributed by atoms with E-state index in [1.807, 2.05) is 11.3 Å². The zero-order chi connectivity index (χ0) is 23.1. The van der Waals surface area contributed by atoms with E-state index in [1.165, 1.54) is 16.0 Å². The molecule has 0 saturated carbocycles. The highest BCUT2D eigenvalue weighted by molar-refractivity contribution is 7.09. The van der Waals surface area contributed by atoms with Crippen molar-refractivity contribution in [3.63, 3.8) is 0 Å². The standard InChI is InChI=1S/C26H27N5O2S/c1-33-26-28-12-20(13-29-26)25-23-9-19-14-31(24(32)10-17(19)8-18(23)11-27-25)21-4-2-6-30(15-21)16-22-5-3-7-34-22/h3,5,7-9,12-13,21H,2,4,6,10-11,14-16H2,1H3/t21-/m1/s1. The van der Waals surface area contributed by atoms with Gasteiger partial charge >= 0.3 is 6.01 Å². The number of thiophene rings is 1. The highest BCUT2D eigenvalue weighted by Crippen LogP contribution is 2.32. The number of hydrogen-bond donors (Lipinski definition) is 0. The Morgan fingerprint density at radius 2 is 2.06 bits per heavy atom. The first-order valence-electron chi connectivity index (χ1n) is 11.8. The van der Waals surface area contributed by atoms with Gasteiger partial charge in [-0.05, 0) is 53.6 Å². The third-order valence-electron chi connectivity index (χ3n) is 7.06. The van der Waals surface area contributed by atoms with Crippen LogP contribution in [-0.2, 0) is 30.8 Å². The molecule has 0 spiro atoms. The van der Waals surface area contributed by atoms with E-state index in [9.17, 15) is 4.79 Å². The summed E-state index contributed by atoms with van der Waals surface area (Å²) in [6.45, 7) is 4.32. The number of methoxy groups -OCH3 is 1. The van der Waals surface area contributed by atoms with Crippen LogP contribution in [-0.4, -0.2) is 57.6 Å². The van der Waals surface area contributed by atoms with Crippen LogP contribution in [0.3, 0.4) is 0 Å². The van der Waals surface area contributed by atoms with Crippen LogP contribution in [0.4, 0.5) is 0 Å². The molecule has 1 amide bonds. The number of likely N-dealkylation sites (tertiary alicyclic amines) is 1. The number of amides is 1. The molecule has 3 aromatic rings. The smallest absolute Gasteiger partial charge is 0.316 e. The molecule has 1 atom stereocenters. The van der Waals surface area contributed by atoms with E-state index in [-0.39, 0.29) is 11.9 Å². The van der Waals surface area contributed by atoms with Crippen molar-refractivity contribution in [2.75, 3.05) is 20.2 Å². The van der Waals surface area contributed by atoms with Gasteiger partial charge in [-0.15, -0.1) is 11.3 Å². The highest BCUT2D eigenvalue weighted by atomic mass is 32.1. The number of nitrogens with zero attached hydrogens (tertiary/aromatic N) is 5. The molecule has 8 heteroatoms. The van der Waals surface area contributed by atoms with E-state index in [4.69, 9.17) is 9.73 Å². The van der Waals surface area contributed by atoms with E-state index in [0.29, 0.717) is 25.5 Å². The Balaban J connectivity index is 1.22. The second-order valence-electron chi connectivity index (χ2n) is 9.21. The lowest BCUT2D eigenvalue weighted by molar-refractivity contribution is -0.135. The maximum Gasteiger partial charge on any atom is 0.316 e. The summed E-state index contributed by atoms with van der Waals surface area (Å²) in [7, 11) is 1.56. The van der Waals surface area contributed by atoms with Gasteiger partial charge < -0.3 is 9.64 Å². The van der Waals surface area contributed by atoms with Crippen LogP contribution in [0.2, 0.25) is 0 Å². The van der Waals surface area contributed by atoms with E-state index in [1.54, 1.807) is 19.5 Å². The number of rotatable bonds is 5. The van der Waals surface area contributed by atoms with Gasteiger partial charge in [0.25, 0.3) is 0 Å². The lowest BCUT2D eigenvalue weighted by Gasteiger charge is -2.41. The van der Waals surface area contributed by atoms with Gasteiger partial charge in [0.15, 0.2) is 0 Å². The Labute approximate surface area is 203 Å². The third-order valence-corrected chi connectivity index (χ3v) is 7.92. The van der Waals surface area contributed by atoms with Gasteiger partial charge in [0.2, 0.25) is 5.91 Å². The molecular weight excluding hydrogens is 446 g/mol. The van der Waals surface area contributed by atoms with Gasteiger partial charge in [0.05, 0.1) is 25.8 Å². The number of benzene rings is 1. The summed E-state index contributed by atoms with van der Waals surface area (Å²) in [5, 5.41) is 2.13. The fourth-order valence-corrected chi connectivity index (χ4v) is 6.11. The summed E-state index contributed by atoms with van der Waals surface area (Å²) >= 11 is 1.81. The second kappa shape index (κ2) is 8.92. The third kappa shape index (κ3) is 4.01. The molecule has 2 aromatic heterocycles. The molecule has 1 fully saturated rings. The summed E-state index contributed by atoms with van der Waals surface area (Å²) < 4.78 is 5.09. The number of carbonyl (C=O) groups is 1. The van der Waals surface area contributed by atoms with Crippen molar-refractivity contribution in [3.8, 4) is 6.01 Å². The van der Waals surface area contributed by atoms with Crippen LogP contribution >= 0.6 is 11.3 Å². The highest BCUT2D eigenvalue weighted by Gasteiger charge is 2.33. The zero-order valence-electron chi connectivity index (χ0n) is 19.2. The van der Waals surface area contributed by atoms with Crippen molar-refractivity contribution in [3.05, 3.63) is 74.7 Å². The summed E-state index contributed by atoms with van der Waals surface area (Å²) in [5.41, 5.74) is 6.49. The molecule has 174 valence electrons. The van der Waals surface area contributed by atoms with Crippen molar-refractivity contribution < 1.29 is 9.53 Å². The van der Waals surface area contributed by atoms with Gasteiger partial charge in [-0.2, -0.15) is 0 Å². The van der Waals surface area contributed by atoms with Crippen molar-refractivity contribution in [2.45, 2.75) is 44.9 Å². The van der Waals surface area contributed by atoms with Crippen molar-refractivity contribution >= 4 is 23.0 Å². The molecule has 0 radical (unpaired) electrons. The Hall–Kier alpha value is -3.10. The molecule has 34 heavy (non-hydrogen) atoms. The summed E-state index contributed by atoms with van der Waals surface area (Å²) in [6, 6.07) is 9.36. The minimum absolute atomic E-state index is 0.248. The van der Waals surface area contributed by atoms with Gasteiger partial charge in [0, 0.05) is 54.1 Å². The molecule has 5 heterocycles. The molecule has 1 saturated heterocycles. The van der Waals surface area contributed by atoms with Crippen LogP contribution < -0.4 is 4.74 Å². The minimum Gasteiger partial charge on any atom is -0.467 e. The number of carbonyl (C=O) groups excluding carboxylic acids is 1. The van der Waals surface area contributed by atoms with Crippen LogP contribution in [0.25, 0.3) is 0 Å². The first-order chi connectivity index (χ1) is 16.7. The minimum atomic E-state index is 0.248. The lowest BCUT2D eigenvalue weighted by Crippen LogP contribution is -2.51. The molecule has 3 aliphatic rings. The molecule has 0 N–H and O–H groups in total. The Bertz CT molecular complexity index is 1240. The van der Waals surface area contributed by atoms with Crippen LogP contribution in [0.5, 0.6) is 6.01 Å². The number of ether oxygens (including phenoxy) is 1. The molecule has 0 bridgehead atoms. The number of fused-ring (bicyclic) bond motifs is 2.